The Bertz CT molecular complexity index is 414. The minimum atomic E-state index is -1.12. The van der Waals surface area contributed by atoms with Crippen molar-refractivity contribution in [3.05, 3.63) is 15.6 Å². The molecule has 1 aromatic heterocycles. The van der Waals surface area contributed by atoms with Gasteiger partial charge in [-0.1, -0.05) is 6.92 Å². The van der Waals surface area contributed by atoms with E-state index in [4.69, 9.17) is 5.11 Å². The van der Waals surface area contributed by atoms with Crippen LogP contribution >= 0.6 is 11.3 Å². The Hall–Kier alpha value is -1.23. The van der Waals surface area contributed by atoms with Crippen LogP contribution < -0.4 is 0 Å². The number of aromatic nitrogens is 1. The maximum atomic E-state index is 11.2. The second kappa shape index (κ2) is 3.13. The number of ketones is 1. The number of hydrogen-bond donors (Lipinski definition) is 1. The summed E-state index contributed by atoms with van der Waals surface area (Å²) in [7, 11) is 0. The van der Waals surface area contributed by atoms with Gasteiger partial charge in [-0.3, -0.25) is 4.79 Å². The first-order chi connectivity index (χ1) is 6.94. The van der Waals surface area contributed by atoms with E-state index in [0.29, 0.717) is 0 Å². The summed E-state index contributed by atoms with van der Waals surface area (Å²) in [5, 5.41) is 9.69. The molecule has 4 nitrogen and oxygen atoms in total. The molecule has 0 atom stereocenters. The molecule has 1 saturated carbocycles. The van der Waals surface area contributed by atoms with Crippen molar-refractivity contribution >= 4 is 23.1 Å². The molecular weight excluding hydrogens is 214 g/mol. The van der Waals surface area contributed by atoms with Crippen molar-refractivity contribution in [1.29, 1.82) is 0 Å². The zero-order valence-electron chi connectivity index (χ0n) is 8.53. The molecule has 1 aliphatic rings. The second-order valence-electron chi connectivity index (χ2n) is 4.12. The number of carbonyl (C=O) groups excluding carboxylic acids is 1. The van der Waals surface area contributed by atoms with Crippen LogP contribution in [0.1, 0.15) is 51.9 Å². The molecule has 0 radical (unpaired) electrons. The summed E-state index contributed by atoms with van der Waals surface area (Å²) in [4.78, 5) is 26.4. The zero-order valence-corrected chi connectivity index (χ0v) is 9.35. The number of Topliss-reactive ketones (excluding diaryl/α,β-unsaturated/α-hetero) is 1. The van der Waals surface area contributed by atoms with Crippen LogP contribution in [0.4, 0.5) is 0 Å². The quantitative estimate of drug-likeness (QED) is 0.800. The highest BCUT2D eigenvalue weighted by Gasteiger charge is 2.43. The van der Waals surface area contributed by atoms with Gasteiger partial charge in [0.15, 0.2) is 11.5 Å². The molecule has 1 aromatic rings. The molecule has 0 aliphatic heterocycles. The maximum Gasteiger partial charge on any atom is 0.356 e. The average Bonchev–Trinajstić information content (AvgIpc) is 2.74. The average molecular weight is 225 g/mol. The molecule has 0 saturated heterocycles. The van der Waals surface area contributed by atoms with E-state index in [2.05, 4.69) is 4.98 Å². The van der Waals surface area contributed by atoms with E-state index in [1.807, 2.05) is 6.92 Å². The van der Waals surface area contributed by atoms with Crippen LogP contribution in [0.3, 0.4) is 0 Å². The third-order valence-electron chi connectivity index (χ3n) is 2.67. The number of carbonyl (C=O) groups is 2. The Morgan fingerprint density at radius 3 is 2.40 bits per heavy atom. The Kier molecular flexibility index (Phi) is 2.15. The highest BCUT2D eigenvalue weighted by molar-refractivity contribution is 7.14. The summed E-state index contributed by atoms with van der Waals surface area (Å²) in [6.07, 6.45) is 2.05. The van der Waals surface area contributed by atoms with Gasteiger partial charge in [-0.15, -0.1) is 11.3 Å². The molecule has 2 rings (SSSR count). The van der Waals surface area contributed by atoms with Gasteiger partial charge in [0.05, 0.1) is 0 Å². The Morgan fingerprint density at radius 1 is 1.47 bits per heavy atom. The van der Waals surface area contributed by atoms with Gasteiger partial charge in [0.1, 0.15) is 9.88 Å². The highest BCUT2D eigenvalue weighted by Crippen LogP contribution is 2.49. The number of hydrogen-bond acceptors (Lipinski definition) is 4. The fourth-order valence-electron chi connectivity index (χ4n) is 1.36. The van der Waals surface area contributed by atoms with Crippen molar-refractivity contribution in [2.75, 3.05) is 0 Å². The predicted octanol–water partition coefficient (Wildman–Crippen LogP) is 2.10. The Labute approximate surface area is 91.0 Å². The lowest BCUT2D eigenvalue weighted by molar-refractivity contribution is 0.0686. The molecule has 0 spiro atoms. The van der Waals surface area contributed by atoms with Gasteiger partial charge >= 0.3 is 5.97 Å². The first kappa shape index (κ1) is 10.3. The molecule has 0 bridgehead atoms. The minimum absolute atomic E-state index is 0.0164. The summed E-state index contributed by atoms with van der Waals surface area (Å²) in [6.45, 7) is 3.42. The van der Waals surface area contributed by atoms with Crippen molar-refractivity contribution in [2.24, 2.45) is 0 Å². The molecular formula is C10H11NO3S. The van der Waals surface area contributed by atoms with E-state index in [0.717, 1.165) is 17.8 Å². The first-order valence-electron chi connectivity index (χ1n) is 4.69. The first-order valence-corrected chi connectivity index (χ1v) is 5.51. The number of thiazole rings is 1. The lowest BCUT2D eigenvalue weighted by Crippen LogP contribution is -2.05. The van der Waals surface area contributed by atoms with Gasteiger partial charge in [0.25, 0.3) is 0 Å². The molecule has 1 heterocycles. The zero-order chi connectivity index (χ0) is 11.2. The van der Waals surface area contributed by atoms with Crippen molar-refractivity contribution in [3.63, 3.8) is 0 Å². The molecule has 0 unspecified atom stereocenters. The molecule has 1 aliphatic carbocycles. The molecule has 1 N–H and O–H groups in total. The molecule has 0 aromatic carbocycles. The molecule has 0 amide bonds. The third kappa shape index (κ3) is 1.67. The van der Waals surface area contributed by atoms with Crippen LogP contribution in [-0.2, 0) is 5.41 Å². The van der Waals surface area contributed by atoms with Gasteiger partial charge in [-0.2, -0.15) is 0 Å². The van der Waals surface area contributed by atoms with Crippen molar-refractivity contribution in [2.45, 2.75) is 32.1 Å². The van der Waals surface area contributed by atoms with Gasteiger partial charge in [0, 0.05) is 12.3 Å². The van der Waals surface area contributed by atoms with E-state index in [1.54, 1.807) is 0 Å². The van der Waals surface area contributed by atoms with Crippen LogP contribution in [0, 0.1) is 0 Å². The number of rotatable bonds is 3. The Balaban J connectivity index is 2.49. The third-order valence-corrected chi connectivity index (χ3v) is 4.13. The summed E-state index contributed by atoms with van der Waals surface area (Å²) >= 11 is 1.22. The molecule has 15 heavy (non-hydrogen) atoms. The normalized spacial score (nSPS) is 17.5. The van der Waals surface area contributed by atoms with Crippen LogP contribution in [0.25, 0.3) is 0 Å². The van der Waals surface area contributed by atoms with Crippen molar-refractivity contribution in [3.8, 4) is 0 Å². The number of carboxylic acids is 1. The fourth-order valence-corrected chi connectivity index (χ4v) is 2.52. The molecule has 80 valence electrons. The Morgan fingerprint density at radius 2 is 2.07 bits per heavy atom. The summed E-state index contributed by atoms with van der Waals surface area (Å²) in [5.74, 6) is -1.34. The largest absolute Gasteiger partial charge is 0.476 e. The maximum absolute atomic E-state index is 11.2. The fraction of sp³-hybridized carbons (Fsp3) is 0.500. The lowest BCUT2D eigenvalue weighted by Gasteiger charge is -1.99. The summed E-state index contributed by atoms with van der Waals surface area (Å²) < 4.78 is 0. The van der Waals surface area contributed by atoms with E-state index in [9.17, 15) is 9.59 Å². The van der Waals surface area contributed by atoms with Crippen LogP contribution in [-0.4, -0.2) is 21.8 Å². The second-order valence-corrected chi connectivity index (χ2v) is 5.12. The smallest absolute Gasteiger partial charge is 0.356 e. The summed E-state index contributed by atoms with van der Waals surface area (Å²) in [6, 6.07) is 0. The topological polar surface area (TPSA) is 67.3 Å². The van der Waals surface area contributed by atoms with Gasteiger partial charge < -0.3 is 5.11 Å². The SMILES string of the molecule is CC(=O)c1sc(C2(C)CC2)nc1C(=O)O. The monoisotopic (exact) mass is 225 g/mol. The van der Waals surface area contributed by atoms with Gasteiger partial charge in [-0.05, 0) is 12.8 Å². The van der Waals surface area contributed by atoms with Crippen molar-refractivity contribution < 1.29 is 14.7 Å². The molecule has 5 heteroatoms. The number of nitrogens with zero attached hydrogens (tertiary/aromatic N) is 1. The highest BCUT2D eigenvalue weighted by atomic mass is 32.1. The van der Waals surface area contributed by atoms with Crippen LogP contribution in [0.5, 0.6) is 0 Å². The van der Waals surface area contributed by atoms with Gasteiger partial charge in [-0.25, -0.2) is 9.78 Å². The number of aromatic carboxylic acids is 1. The summed E-state index contributed by atoms with van der Waals surface area (Å²) in [5.41, 5.74) is -0.0709. The van der Waals surface area contributed by atoms with Crippen LogP contribution in [0.15, 0.2) is 0 Å². The van der Waals surface area contributed by atoms with Crippen LogP contribution in [0.2, 0.25) is 0 Å². The number of carboxylic acid groups (broad SMARTS) is 1. The molecule has 1 fully saturated rings. The van der Waals surface area contributed by atoms with Gasteiger partial charge in [0.2, 0.25) is 0 Å². The van der Waals surface area contributed by atoms with E-state index in [-0.39, 0.29) is 21.8 Å². The predicted molar refractivity (Wildman–Crippen MR) is 55.7 cm³/mol. The minimum Gasteiger partial charge on any atom is -0.476 e. The van der Waals surface area contributed by atoms with E-state index >= 15 is 0 Å². The lowest BCUT2D eigenvalue weighted by atomic mass is 10.2. The standard InChI is InChI=1S/C10H11NO3S/c1-5(12)7-6(8(13)14)11-9(15-7)10(2)3-4-10/h3-4H2,1-2H3,(H,13,14). The van der Waals surface area contributed by atoms with Crippen molar-refractivity contribution in [1.82, 2.24) is 4.98 Å². The van der Waals surface area contributed by atoms with E-state index in [1.165, 1.54) is 18.3 Å². The van der Waals surface area contributed by atoms with E-state index < -0.39 is 5.97 Å².